The van der Waals surface area contributed by atoms with E-state index in [0.29, 0.717) is 36.5 Å². The lowest BCUT2D eigenvalue weighted by Crippen LogP contribution is -2.31. The lowest BCUT2D eigenvalue weighted by atomic mass is 9.95. The van der Waals surface area contributed by atoms with E-state index in [1.165, 1.54) is 36.3 Å². The zero-order chi connectivity index (χ0) is 27.2. The summed E-state index contributed by atoms with van der Waals surface area (Å²) >= 11 is 0. The molecular weight excluding hydrogens is 488 g/mol. The molecule has 196 valence electrons. The number of nitro benzene ring substituents is 1. The number of hydrogen-bond donors (Lipinski definition) is 1. The van der Waals surface area contributed by atoms with E-state index in [9.17, 15) is 24.8 Å². The smallest absolute Gasteiger partial charge is 0.295 e. The lowest BCUT2D eigenvalue weighted by Gasteiger charge is -2.25. The fourth-order valence-electron chi connectivity index (χ4n) is 4.41. The summed E-state index contributed by atoms with van der Waals surface area (Å²) < 4.78 is 11.0. The number of nitrogens with zero attached hydrogens (tertiary/aromatic N) is 2. The summed E-state index contributed by atoms with van der Waals surface area (Å²) in [5, 5.41) is 22.3. The molecule has 1 N–H and O–H groups in total. The first-order valence-electron chi connectivity index (χ1n) is 12.1. The molecule has 0 radical (unpaired) electrons. The van der Waals surface area contributed by atoms with E-state index in [2.05, 4.69) is 0 Å². The van der Waals surface area contributed by atoms with Gasteiger partial charge in [-0.25, -0.2) is 0 Å². The van der Waals surface area contributed by atoms with Gasteiger partial charge in [-0.15, -0.1) is 0 Å². The van der Waals surface area contributed by atoms with Gasteiger partial charge in [0.05, 0.1) is 16.5 Å². The van der Waals surface area contributed by atoms with Gasteiger partial charge in [-0.3, -0.25) is 19.7 Å². The Morgan fingerprint density at radius 3 is 2.34 bits per heavy atom. The van der Waals surface area contributed by atoms with Gasteiger partial charge < -0.3 is 19.5 Å². The predicted octanol–water partition coefficient (Wildman–Crippen LogP) is 4.94. The molecule has 0 aromatic heterocycles. The Bertz CT molecular complexity index is 1360. The van der Waals surface area contributed by atoms with Gasteiger partial charge in [-0.2, -0.15) is 0 Å². The summed E-state index contributed by atoms with van der Waals surface area (Å²) in [6, 6.07) is 19.2. The van der Waals surface area contributed by atoms with E-state index in [1.807, 2.05) is 31.2 Å². The maximum Gasteiger partial charge on any atom is 0.295 e. The highest BCUT2D eigenvalue weighted by atomic mass is 16.6. The molecule has 1 heterocycles. The van der Waals surface area contributed by atoms with Crippen LogP contribution in [-0.4, -0.2) is 46.9 Å². The normalized spacial score (nSPS) is 16.6. The molecule has 1 atom stereocenters. The minimum atomic E-state index is -0.898. The first-order chi connectivity index (χ1) is 18.3. The van der Waals surface area contributed by atoms with Crippen molar-refractivity contribution < 1.29 is 29.1 Å². The van der Waals surface area contributed by atoms with Crippen LogP contribution < -0.4 is 4.74 Å². The second-order valence-electron chi connectivity index (χ2n) is 8.93. The van der Waals surface area contributed by atoms with Crippen molar-refractivity contribution in [3.8, 4) is 5.75 Å². The van der Waals surface area contributed by atoms with Crippen molar-refractivity contribution in [2.45, 2.75) is 26.0 Å². The summed E-state index contributed by atoms with van der Waals surface area (Å²) in [7, 11) is 1.54. The fraction of sp³-hybridized carbons (Fsp3) is 0.241. The van der Waals surface area contributed by atoms with Gasteiger partial charge in [0.25, 0.3) is 17.4 Å². The van der Waals surface area contributed by atoms with Gasteiger partial charge in [0.2, 0.25) is 0 Å². The molecule has 1 aliphatic rings. The van der Waals surface area contributed by atoms with Crippen LogP contribution >= 0.6 is 0 Å². The highest BCUT2D eigenvalue weighted by Crippen LogP contribution is 2.40. The van der Waals surface area contributed by atoms with E-state index in [0.717, 1.165) is 11.1 Å². The molecule has 0 aliphatic carbocycles. The van der Waals surface area contributed by atoms with E-state index in [1.54, 1.807) is 24.3 Å². The average Bonchev–Trinajstić information content (AvgIpc) is 3.18. The number of methoxy groups -OCH3 is 1. The monoisotopic (exact) mass is 516 g/mol. The van der Waals surface area contributed by atoms with E-state index < -0.39 is 22.7 Å². The van der Waals surface area contributed by atoms with Gasteiger partial charge in [0.15, 0.2) is 0 Å². The number of aryl methyl sites for hydroxylation is 1. The van der Waals surface area contributed by atoms with Crippen LogP contribution in [0.15, 0.2) is 78.4 Å². The van der Waals surface area contributed by atoms with Crippen LogP contribution in [-0.2, 0) is 20.9 Å². The molecule has 1 amide bonds. The Labute approximate surface area is 220 Å². The molecule has 0 bridgehead atoms. The molecule has 1 fully saturated rings. The topological polar surface area (TPSA) is 119 Å². The molecule has 0 spiro atoms. The number of carbonyl (C=O) groups excluding carboxylic acids is 2. The van der Waals surface area contributed by atoms with Gasteiger partial charge in [-0.1, -0.05) is 24.3 Å². The van der Waals surface area contributed by atoms with Gasteiger partial charge in [0, 0.05) is 38.0 Å². The number of amides is 1. The number of carbonyl (C=O) groups is 2. The third-order valence-corrected chi connectivity index (χ3v) is 6.49. The summed E-state index contributed by atoms with van der Waals surface area (Å²) in [6.07, 6.45) is 0.472. The number of ether oxygens (including phenoxy) is 2. The van der Waals surface area contributed by atoms with Crippen molar-refractivity contribution in [1.82, 2.24) is 4.90 Å². The van der Waals surface area contributed by atoms with Crippen molar-refractivity contribution >= 4 is 23.1 Å². The summed E-state index contributed by atoms with van der Waals surface area (Å²) in [4.78, 5) is 38.0. The SMILES string of the molecule is COCCCN1C(=O)C(=O)/C(=C(/O)c2ccc(OCc3ccccc3C)cc2)C1c1ccc([N+](=O)[O-])cc1. The van der Waals surface area contributed by atoms with Crippen molar-refractivity contribution in [2.75, 3.05) is 20.3 Å². The third-order valence-electron chi connectivity index (χ3n) is 6.49. The number of Topliss-reactive ketones (excluding diaryl/α,β-unsaturated/α-hetero) is 1. The predicted molar refractivity (Wildman–Crippen MR) is 141 cm³/mol. The first kappa shape index (κ1) is 26.6. The van der Waals surface area contributed by atoms with Crippen LogP contribution in [0.4, 0.5) is 5.69 Å². The van der Waals surface area contributed by atoms with Crippen LogP contribution in [0.5, 0.6) is 5.75 Å². The van der Waals surface area contributed by atoms with Crippen LogP contribution in [0.3, 0.4) is 0 Å². The summed E-state index contributed by atoms with van der Waals surface area (Å²) in [5.41, 5.74) is 2.79. The molecule has 9 nitrogen and oxygen atoms in total. The Morgan fingerprint density at radius 2 is 1.71 bits per heavy atom. The molecule has 0 saturated carbocycles. The molecule has 3 aromatic rings. The number of non-ortho nitro benzene ring substituents is 1. The second kappa shape index (κ2) is 11.7. The minimum Gasteiger partial charge on any atom is -0.507 e. The molecule has 1 saturated heterocycles. The van der Waals surface area contributed by atoms with E-state index in [4.69, 9.17) is 9.47 Å². The Morgan fingerprint density at radius 1 is 1.03 bits per heavy atom. The molecule has 9 heteroatoms. The highest BCUT2D eigenvalue weighted by molar-refractivity contribution is 6.46. The highest BCUT2D eigenvalue weighted by Gasteiger charge is 2.45. The zero-order valence-electron chi connectivity index (χ0n) is 21.1. The summed E-state index contributed by atoms with van der Waals surface area (Å²) in [5.74, 6) is -1.31. The lowest BCUT2D eigenvalue weighted by molar-refractivity contribution is -0.384. The Balaban J connectivity index is 1.65. The molecule has 1 aliphatic heterocycles. The minimum absolute atomic E-state index is 0.0742. The molecule has 3 aromatic carbocycles. The molecule has 4 rings (SSSR count). The van der Waals surface area contributed by atoms with Crippen molar-refractivity contribution in [2.24, 2.45) is 0 Å². The number of ketones is 1. The largest absolute Gasteiger partial charge is 0.507 e. The summed E-state index contributed by atoms with van der Waals surface area (Å²) in [6.45, 7) is 2.97. The fourth-order valence-corrected chi connectivity index (χ4v) is 4.41. The van der Waals surface area contributed by atoms with Crippen LogP contribution in [0.2, 0.25) is 0 Å². The molecule has 38 heavy (non-hydrogen) atoms. The van der Waals surface area contributed by atoms with E-state index >= 15 is 0 Å². The number of likely N-dealkylation sites (tertiary alicyclic amines) is 1. The molecular formula is C29H28N2O7. The maximum absolute atomic E-state index is 13.1. The number of aliphatic hydroxyl groups is 1. The number of rotatable bonds is 10. The van der Waals surface area contributed by atoms with Crippen molar-refractivity contribution in [3.63, 3.8) is 0 Å². The quantitative estimate of drug-likeness (QED) is 0.101. The maximum atomic E-state index is 13.1. The van der Waals surface area contributed by atoms with E-state index in [-0.39, 0.29) is 23.6 Å². The van der Waals surface area contributed by atoms with Crippen LogP contribution in [0.25, 0.3) is 5.76 Å². The second-order valence-corrected chi connectivity index (χ2v) is 8.93. The standard InChI is InChI=1S/C29H28N2O7/c1-19-6-3-4-7-22(19)18-38-24-14-10-21(11-15-24)27(32)25-26(20-8-12-23(13-9-20)31(35)36)30(16-5-17-37-2)29(34)28(25)33/h3-4,6-15,26,32H,5,16-18H2,1-2H3/b27-25+. The van der Waals surface area contributed by atoms with Gasteiger partial charge >= 0.3 is 0 Å². The first-order valence-corrected chi connectivity index (χ1v) is 12.1. The van der Waals surface area contributed by atoms with Crippen LogP contribution in [0, 0.1) is 17.0 Å². The van der Waals surface area contributed by atoms with Crippen molar-refractivity contribution in [3.05, 3.63) is 111 Å². The average molecular weight is 517 g/mol. The number of benzene rings is 3. The third kappa shape index (κ3) is 5.57. The number of nitro groups is 1. The zero-order valence-corrected chi connectivity index (χ0v) is 21.1. The number of aliphatic hydroxyl groups excluding tert-OH is 1. The van der Waals surface area contributed by atoms with Crippen LogP contribution in [0.1, 0.15) is 34.7 Å². The van der Waals surface area contributed by atoms with Gasteiger partial charge in [-0.05, 0) is 66.4 Å². The van der Waals surface area contributed by atoms with Crippen molar-refractivity contribution in [1.29, 1.82) is 0 Å². The number of hydrogen-bond acceptors (Lipinski definition) is 7. The Kier molecular flexibility index (Phi) is 8.18. The Hall–Kier alpha value is -4.50. The van der Waals surface area contributed by atoms with Gasteiger partial charge in [0.1, 0.15) is 18.1 Å². The molecule has 1 unspecified atom stereocenters.